The highest BCUT2D eigenvalue weighted by molar-refractivity contribution is 5.82. The normalized spacial score (nSPS) is 21.7. The molecule has 1 N–H and O–H groups in total. The van der Waals surface area contributed by atoms with Crippen LogP contribution in [0.5, 0.6) is 0 Å². The molecule has 2 amide bonds. The van der Waals surface area contributed by atoms with Gasteiger partial charge >= 0.3 is 24.4 Å². The number of hydrogen-bond donors (Lipinski definition) is 1. The minimum atomic E-state index is -5.07. The lowest BCUT2D eigenvalue weighted by Crippen LogP contribution is -2.61. The van der Waals surface area contributed by atoms with E-state index >= 15 is 0 Å². The molecule has 1 aliphatic rings. The first-order valence-electron chi connectivity index (χ1n) is 12.6. The number of likely N-dealkylation sites (tertiary alicyclic amines) is 1. The molecule has 5 nitrogen and oxygen atoms in total. The van der Waals surface area contributed by atoms with Gasteiger partial charge in [0, 0.05) is 37.1 Å². The maximum Gasteiger partial charge on any atom is 0.417 e. The van der Waals surface area contributed by atoms with E-state index in [0.717, 1.165) is 0 Å². The van der Waals surface area contributed by atoms with Gasteiger partial charge in [-0.2, -0.15) is 26.3 Å². The Labute approximate surface area is 227 Å². The van der Waals surface area contributed by atoms with E-state index in [1.165, 1.54) is 38.2 Å². The first-order chi connectivity index (χ1) is 18.5. The fourth-order valence-electron chi connectivity index (χ4n) is 5.43. The maximum atomic E-state index is 14.0. The van der Waals surface area contributed by atoms with Crippen LogP contribution >= 0.6 is 0 Å². The lowest BCUT2D eigenvalue weighted by atomic mass is 9.83. The smallest absolute Gasteiger partial charge is 0.417 e. The summed E-state index contributed by atoms with van der Waals surface area (Å²) < 4.78 is 101. The van der Waals surface area contributed by atoms with Gasteiger partial charge in [-0.25, -0.2) is 18.5 Å². The number of nitrogens with zero attached hydrogens (tertiary/aromatic N) is 1. The Morgan fingerprint density at radius 3 is 2.17 bits per heavy atom. The van der Waals surface area contributed by atoms with E-state index in [1.807, 2.05) is 0 Å². The number of urea groups is 1. The number of quaternary nitrogens is 1. The van der Waals surface area contributed by atoms with Gasteiger partial charge in [0.1, 0.15) is 17.9 Å². The Morgan fingerprint density at radius 2 is 1.68 bits per heavy atom. The largest absolute Gasteiger partial charge is 0.463 e. The number of aryl methyl sites for hydroxylation is 1. The molecular weight excluding hydrogens is 545 g/mol. The number of hydrogen-bond acceptors (Lipinski definition) is 3. The van der Waals surface area contributed by atoms with Gasteiger partial charge in [-0.3, -0.25) is 0 Å². The van der Waals surface area contributed by atoms with Gasteiger partial charge in [0.15, 0.2) is 0 Å². The quantitative estimate of drug-likeness (QED) is 0.175. The van der Waals surface area contributed by atoms with E-state index in [-0.39, 0.29) is 37.6 Å². The number of amides is 2. The Kier molecular flexibility index (Phi) is 9.02. The van der Waals surface area contributed by atoms with E-state index in [9.17, 15) is 40.3 Å². The molecule has 0 spiro atoms. The summed E-state index contributed by atoms with van der Waals surface area (Å²) in [7, 11) is 1.32. The number of carbonyl (C=O) groups excluding carboxylic acids is 2. The molecule has 218 valence electrons. The topological polar surface area (TPSA) is 55.4 Å². The highest BCUT2D eigenvalue weighted by Gasteiger charge is 2.53. The lowest BCUT2D eigenvalue weighted by molar-refractivity contribution is -0.913. The fourth-order valence-corrected chi connectivity index (χ4v) is 5.43. The zero-order chi connectivity index (χ0) is 30.0. The average molecular weight is 576 g/mol. The molecule has 0 saturated carbocycles. The first kappa shape index (κ1) is 31.1. The molecule has 12 heteroatoms. The predicted octanol–water partition coefficient (Wildman–Crippen LogP) is 7.41. The number of nitrogens with one attached hydrogen (secondary N) is 1. The molecule has 0 bridgehead atoms. The zero-order valence-electron chi connectivity index (χ0n) is 22.3. The summed E-state index contributed by atoms with van der Waals surface area (Å²) in [4.78, 5) is 25.9. The van der Waals surface area contributed by atoms with Crippen LogP contribution in [-0.2, 0) is 21.9 Å². The van der Waals surface area contributed by atoms with Crippen LogP contribution in [0.4, 0.5) is 35.5 Å². The number of alkyl halides is 6. The summed E-state index contributed by atoms with van der Waals surface area (Å²) >= 11 is 0. The van der Waals surface area contributed by atoms with Gasteiger partial charge in [0.2, 0.25) is 0 Å². The van der Waals surface area contributed by atoms with Crippen LogP contribution in [-0.4, -0.2) is 36.7 Å². The second-order valence-corrected chi connectivity index (χ2v) is 9.75. The number of rotatable bonds is 5. The summed E-state index contributed by atoms with van der Waals surface area (Å²) in [5.41, 5.74) is -1.84. The van der Waals surface area contributed by atoms with E-state index < -0.39 is 57.9 Å². The number of esters is 1. The second-order valence-electron chi connectivity index (χ2n) is 9.75. The molecule has 40 heavy (non-hydrogen) atoms. The molecular formula is C28H30F7N2O3+. The summed E-state index contributed by atoms with van der Waals surface area (Å²) in [5, 5.41) is 2.53. The molecule has 2 aromatic carbocycles. The van der Waals surface area contributed by atoms with E-state index in [1.54, 1.807) is 13.8 Å². The van der Waals surface area contributed by atoms with Crippen molar-refractivity contribution in [3.63, 3.8) is 0 Å². The van der Waals surface area contributed by atoms with Crippen LogP contribution in [0.3, 0.4) is 0 Å². The molecule has 3 rings (SSSR count). The van der Waals surface area contributed by atoms with E-state index in [4.69, 9.17) is 4.74 Å². The van der Waals surface area contributed by atoms with Crippen molar-refractivity contribution in [1.29, 1.82) is 0 Å². The minimum absolute atomic E-state index is 0.0401. The molecule has 2 unspecified atom stereocenters. The maximum absolute atomic E-state index is 14.0. The van der Waals surface area contributed by atoms with Crippen molar-refractivity contribution in [1.82, 2.24) is 5.32 Å². The molecule has 1 aliphatic heterocycles. The van der Waals surface area contributed by atoms with Crippen molar-refractivity contribution < 1.29 is 49.5 Å². The predicted molar refractivity (Wildman–Crippen MR) is 132 cm³/mol. The Hall–Kier alpha value is -3.41. The summed E-state index contributed by atoms with van der Waals surface area (Å²) in [6.07, 6.45) is -8.67. The molecule has 0 aromatic heterocycles. The third-order valence-corrected chi connectivity index (χ3v) is 7.39. The van der Waals surface area contributed by atoms with Crippen LogP contribution in [0, 0.1) is 12.7 Å². The number of carbonyl (C=O) groups is 2. The van der Waals surface area contributed by atoms with Gasteiger partial charge in [-0.1, -0.05) is 5.57 Å². The Balaban J connectivity index is 2.29. The van der Waals surface area contributed by atoms with Crippen molar-refractivity contribution in [3.8, 4) is 0 Å². The van der Waals surface area contributed by atoms with Crippen molar-refractivity contribution in [2.45, 2.75) is 58.0 Å². The van der Waals surface area contributed by atoms with Crippen molar-refractivity contribution in [3.05, 3.63) is 81.7 Å². The number of benzene rings is 2. The fraction of sp³-hybridized carbons (Fsp3) is 0.429. The molecule has 2 aromatic rings. The third-order valence-electron chi connectivity index (χ3n) is 7.39. The van der Waals surface area contributed by atoms with Crippen molar-refractivity contribution in [2.24, 2.45) is 0 Å². The minimum Gasteiger partial charge on any atom is -0.463 e. The van der Waals surface area contributed by atoms with Crippen LogP contribution in [0.25, 0.3) is 0 Å². The summed E-state index contributed by atoms with van der Waals surface area (Å²) in [5.74, 6) is -1.18. The van der Waals surface area contributed by atoms with E-state index in [0.29, 0.717) is 28.8 Å². The molecule has 1 heterocycles. The lowest BCUT2D eigenvalue weighted by Gasteiger charge is -2.49. The monoisotopic (exact) mass is 575 g/mol. The SMILES string of the molecule is CCOC(=O)C=C1CC[N+](C(=O)NC)(C(C)c2cc(C(F)(F)F)cc(C(F)(F)F)c2)[C@@H](c2ccc(F)cc2C)C1. The summed E-state index contributed by atoms with van der Waals surface area (Å²) in [6.45, 7) is 4.68. The first-order valence-corrected chi connectivity index (χ1v) is 12.6. The average Bonchev–Trinajstić information content (AvgIpc) is 2.86. The number of piperidine rings is 1. The highest BCUT2D eigenvalue weighted by atomic mass is 19.4. The third kappa shape index (κ3) is 6.32. The summed E-state index contributed by atoms with van der Waals surface area (Å²) in [6, 6.07) is 2.40. The molecule has 0 radical (unpaired) electrons. The number of ether oxygens (including phenoxy) is 1. The zero-order valence-corrected chi connectivity index (χ0v) is 22.3. The molecule has 1 saturated heterocycles. The van der Waals surface area contributed by atoms with Crippen LogP contribution in [0.1, 0.15) is 66.6 Å². The van der Waals surface area contributed by atoms with Crippen molar-refractivity contribution in [2.75, 3.05) is 20.2 Å². The molecule has 0 aliphatic carbocycles. The van der Waals surface area contributed by atoms with Crippen molar-refractivity contribution >= 4 is 12.0 Å². The van der Waals surface area contributed by atoms with Gasteiger partial charge < -0.3 is 10.1 Å². The van der Waals surface area contributed by atoms with Crippen LogP contribution < -0.4 is 5.32 Å². The molecule has 1 fully saturated rings. The second kappa shape index (κ2) is 11.6. The Morgan fingerprint density at radius 1 is 1.07 bits per heavy atom. The highest BCUT2D eigenvalue weighted by Crippen LogP contribution is 2.49. The van der Waals surface area contributed by atoms with Crippen LogP contribution in [0.15, 0.2) is 48.0 Å². The molecule has 3 atom stereocenters. The number of halogens is 7. The Bertz CT molecular complexity index is 1270. The standard InChI is InChI=1S/C28H29F7N2O3/c1-5-40-25(38)12-18-8-9-37(26(39)36-4,24(11-18)23-7-6-22(29)10-16(23)2)17(3)19-13-20(27(30,31)32)15-21(14-19)28(33,34)35/h6-7,10,12-15,17,24H,5,8-9,11H2,1-4H3/p+1/t17?,24-,37?/m1/s1. The van der Waals surface area contributed by atoms with Gasteiger partial charge in [0.05, 0.1) is 24.3 Å². The van der Waals surface area contributed by atoms with Crippen LogP contribution in [0.2, 0.25) is 0 Å². The van der Waals surface area contributed by atoms with Gasteiger partial charge in [-0.05, 0) is 62.7 Å². The van der Waals surface area contributed by atoms with Gasteiger partial charge in [-0.15, -0.1) is 0 Å². The van der Waals surface area contributed by atoms with Gasteiger partial charge in [0.25, 0.3) is 0 Å². The van der Waals surface area contributed by atoms with E-state index in [2.05, 4.69) is 5.32 Å².